The summed E-state index contributed by atoms with van der Waals surface area (Å²) in [5, 5.41) is 0. The first-order chi connectivity index (χ1) is 6.89. The number of unbranched alkanes of at least 4 members (excludes halogenated alkanes) is 1. The standard InChI is InChI=1S/C9H21BrN2O2S/c1-9(2)12(3)7-5-4-6-11-15(13,14)8-10/h9,11H,4-8H2,1-3H3. The summed E-state index contributed by atoms with van der Waals surface area (Å²) in [6.07, 6.45) is 1.89. The van der Waals surface area contributed by atoms with Crippen LogP contribution < -0.4 is 4.72 Å². The highest BCUT2D eigenvalue weighted by Crippen LogP contribution is 1.98. The molecule has 0 aliphatic rings. The van der Waals surface area contributed by atoms with E-state index in [2.05, 4.69) is 46.4 Å². The summed E-state index contributed by atoms with van der Waals surface area (Å²) in [6, 6.07) is 0.546. The highest BCUT2D eigenvalue weighted by atomic mass is 79.9. The molecule has 1 N–H and O–H groups in total. The molecule has 0 bridgehead atoms. The fourth-order valence-electron chi connectivity index (χ4n) is 1.01. The lowest BCUT2D eigenvalue weighted by Gasteiger charge is -2.20. The predicted octanol–water partition coefficient (Wildman–Crippen LogP) is 1.38. The Morgan fingerprint density at radius 2 is 1.93 bits per heavy atom. The van der Waals surface area contributed by atoms with Gasteiger partial charge in [0.05, 0.1) is 0 Å². The van der Waals surface area contributed by atoms with Crippen molar-refractivity contribution in [2.75, 3.05) is 24.8 Å². The van der Waals surface area contributed by atoms with Gasteiger partial charge in [-0.15, -0.1) is 0 Å². The van der Waals surface area contributed by atoms with E-state index in [9.17, 15) is 8.42 Å². The maximum atomic E-state index is 11.0. The summed E-state index contributed by atoms with van der Waals surface area (Å²) in [5.74, 6) is 0. The summed E-state index contributed by atoms with van der Waals surface area (Å²) in [7, 11) is -1.01. The third-order valence-electron chi connectivity index (χ3n) is 2.28. The van der Waals surface area contributed by atoms with Crippen LogP contribution in [0.3, 0.4) is 0 Å². The van der Waals surface area contributed by atoms with Crippen LogP contribution in [0.1, 0.15) is 26.7 Å². The second-order valence-electron chi connectivity index (χ2n) is 3.90. The minimum Gasteiger partial charge on any atom is -0.304 e. The first-order valence-corrected chi connectivity index (χ1v) is 7.90. The molecule has 0 aromatic carbocycles. The van der Waals surface area contributed by atoms with E-state index < -0.39 is 10.0 Å². The fraction of sp³-hybridized carbons (Fsp3) is 1.00. The number of rotatable bonds is 8. The van der Waals surface area contributed by atoms with Gasteiger partial charge >= 0.3 is 0 Å². The molecule has 0 radical (unpaired) electrons. The van der Waals surface area contributed by atoms with Crippen molar-refractivity contribution in [2.45, 2.75) is 32.7 Å². The Balaban J connectivity index is 3.49. The van der Waals surface area contributed by atoms with Gasteiger partial charge in [-0.3, -0.25) is 0 Å². The van der Waals surface area contributed by atoms with Crippen molar-refractivity contribution in [1.82, 2.24) is 9.62 Å². The fourth-order valence-corrected chi connectivity index (χ4v) is 2.03. The minimum absolute atomic E-state index is 0.0219. The molecule has 0 heterocycles. The zero-order chi connectivity index (χ0) is 11.9. The second-order valence-corrected chi connectivity index (χ2v) is 7.01. The molecule has 92 valence electrons. The average molecular weight is 301 g/mol. The Labute approximate surface area is 102 Å². The van der Waals surface area contributed by atoms with Gasteiger partial charge in [0, 0.05) is 12.6 Å². The van der Waals surface area contributed by atoms with Crippen LogP contribution in [0.15, 0.2) is 0 Å². The van der Waals surface area contributed by atoms with Crippen molar-refractivity contribution < 1.29 is 8.42 Å². The van der Waals surface area contributed by atoms with Crippen molar-refractivity contribution in [1.29, 1.82) is 0 Å². The molecule has 0 spiro atoms. The Hall–Kier alpha value is 0.350. The normalized spacial score (nSPS) is 12.7. The van der Waals surface area contributed by atoms with Crippen LogP contribution in [0.4, 0.5) is 0 Å². The molecule has 0 unspecified atom stereocenters. The monoisotopic (exact) mass is 300 g/mol. The molecule has 0 saturated carbocycles. The van der Waals surface area contributed by atoms with Gasteiger partial charge in [0.25, 0.3) is 0 Å². The summed E-state index contributed by atoms with van der Waals surface area (Å²) < 4.78 is 24.6. The van der Waals surface area contributed by atoms with Crippen LogP contribution in [-0.4, -0.2) is 44.2 Å². The van der Waals surface area contributed by atoms with E-state index in [1.807, 2.05) is 0 Å². The third kappa shape index (κ3) is 8.19. The second kappa shape index (κ2) is 7.60. The molecule has 0 rings (SSSR count). The summed E-state index contributed by atoms with van der Waals surface area (Å²) in [4.78, 5) is 2.25. The van der Waals surface area contributed by atoms with Crippen LogP contribution in [0.2, 0.25) is 0 Å². The van der Waals surface area contributed by atoms with Crippen LogP contribution in [0.5, 0.6) is 0 Å². The Bertz CT molecular complexity index is 255. The number of halogens is 1. The first-order valence-electron chi connectivity index (χ1n) is 5.12. The maximum Gasteiger partial charge on any atom is 0.221 e. The SMILES string of the molecule is CC(C)N(C)CCCCNS(=O)(=O)CBr. The number of hydrogen-bond acceptors (Lipinski definition) is 3. The number of nitrogens with zero attached hydrogens (tertiary/aromatic N) is 1. The van der Waals surface area contributed by atoms with Crippen LogP contribution in [0.25, 0.3) is 0 Å². The van der Waals surface area contributed by atoms with Crippen molar-refractivity contribution >= 4 is 26.0 Å². The summed E-state index contributed by atoms with van der Waals surface area (Å²) in [5.41, 5.74) is 0. The lowest BCUT2D eigenvalue weighted by molar-refractivity contribution is 0.268. The Kier molecular flexibility index (Phi) is 7.77. The molecule has 4 nitrogen and oxygen atoms in total. The molecule has 0 aromatic rings. The summed E-state index contributed by atoms with van der Waals surface area (Å²) >= 11 is 2.92. The van der Waals surface area contributed by atoms with Crippen LogP contribution in [0, 0.1) is 0 Å². The molecule has 15 heavy (non-hydrogen) atoms. The number of alkyl halides is 1. The van der Waals surface area contributed by atoms with Gasteiger partial charge in [-0.1, -0.05) is 15.9 Å². The van der Waals surface area contributed by atoms with E-state index in [-0.39, 0.29) is 4.66 Å². The van der Waals surface area contributed by atoms with Gasteiger partial charge < -0.3 is 4.90 Å². The van der Waals surface area contributed by atoms with E-state index in [1.54, 1.807) is 0 Å². The molecule has 6 heteroatoms. The van der Waals surface area contributed by atoms with Crippen molar-refractivity contribution in [3.63, 3.8) is 0 Å². The molecular formula is C9H21BrN2O2S. The smallest absolute Gasteiger partial charge is 0.221 e. The van der Waals surface area contributed by atoms with E-state index in [0.29, 0.717) is 12.6 Å². The van der Waals surface area contributed by atoms with E-state index in [1.165, 1.54) is 0 Å². The molecule has 0 aromatic heterocycles. The van der Waals surface area contributed by atoms with Gasteiger partial charge in [-0.05, 0) is 40.3 Å². The number of sulfonamides is 1. The lowest BCUT2D eigenvalue weighted by Crippen LogP contribution is -2.29. The summed E-state index contributed by atoms with van der Waals surface area (Å²) in [6.45, 7) is 5.83. The Morgan fingerprint density at radius 3 is 2.40 bits per heavy atom. The van der Waals surface area contributed by atoms with Gasteiger partial charge in [-0.25, -0.2) is 13.1 Å². The highest BCUT2D eigenvalue weighted by molar-refractivity contribution is 9.10. The first kappa shape index (κ1) is 15.3. The predicted molar refractivity (Wildman–Crippen MR) is 67.7 cm³/mol. The molecule has 0 atom stereocenters. The zero-order valence-electron chi connectivity index (χ0n) is 9.66. The quantitative estimate of drug-likeness (QED) is 0.544. The van der Waals surface area contributed by atoms with Crippen molar-refractivity contribution in [3.05, 3.63) is 0 Å². The number of nitrogens with one attached hydrogen (secondary N) is 1. The van der Waals surface area contributed by atoms with E-state index >= 15 is 0 Å². The van der Waals surface area contributed by atoms with Gasteiger partial charge in [0.1, 0.15) is 4.66 Å². The van der Waals surface area contributed by atoms with E-state index in [4.69, 9.17) is 0 Å². The molecule has 0 saturated heterocycles. The van der Waals surface area contributed by atoms with Crippen molar-refractivity contribution in [3.8, 4) is 0 Å². The van der Waals surface area contributed by atoms with Gasteiger partial charge in [0.2, 0.25) is 10.0 Å². The minimum atomic E-state index is -3.08. The molecule has 0 aliphatic heterocycles. The molecule has 0 aliphatic carbocycles. The highest BCUT2D eigenvalue weighted by Gasteiger charge is 2.06. The lowest BCUT2D eigenvalue weighted by atomic mass is 10.2. The maximum absolute atomic E-state index is 11.0. The molecule has 0 fully saturated rings. The molecule has 0 amide bonds. The topological polar surface area (TPSA) is 49.4 Å². The zero-order valence-corrected chi connectivity index (χ0v) is 12.1. The van der Waals surface area contributed by atoms with Crippen LogP contribution in [-0.2, 0) is 10.0 Å². The van der Waals surface area contributed by atoms with Crippen molar-refractivity contribution in [2.24, 2.45) is 0 Å². The largest absolute Gasteiger partial charge is 0.304 e. The Morgan fingerprint density at radius 1 is 1.33 bits per heavy atom. The number of hydrogen-bond donors (Lipinski definition) is 1. The van der Waals surface area contributed by atoms with Crippen LogP contribution >= 0.6 is 15.9 Å². The van der Waals surface area contributed by atoms with Gasteiger partial charge in [-0.2, -0.15) is 0 Å². The third-order valence-corrected chi connectivity index (χ3v) is 5.02. The average Bonchev–Trinajstić information content (AvgIpc) is 2.16. The van der Waals surface area contributed by atoms with Gasteiger partial charge in [0.15, 0.2) is 0 Å². The van der Waals surface area contributed by atoms with E-state index in [0.717, 1.165) is 19.4 Å². The molecular weight excluding hydrogens is 280 g/mol.